The standard InChI is InChI=1S/C17H17Cl2NO2/c1-3-16(22-12-8-9-13(18)11(2)10-12)17(21)20-15-7-5-4-6-14(15)19/h4-10,16H,3H2,1-2H3,(H,20,21)/t16-/m0/s1. The van der Waals surface area contributed by atoms with Crippen LogP contribution in [0.15, 0.2) is 42.5 Å². The van der Waals surface area contributed by atoms with Crippen LogP contribution in [0.2, 0.25) is 10.0 Å². The average Bonchev–Trinajstić information content (AvgIpc) is 2.50. The molecule has 3 nitrogen and oxygen atoms in total. The molecule has 0 aromatic heterocycles. The molecule has 2 aromatic carbocycles. The number of nitrogens with one attached hydrogen (secondary N) is 1. The van der Waals surface area contributed by atoms with Gasteiger partial charge in [0.1, 0.15) is 5.75 Å². The van der Waals surface area contributed by atoms with Crippen molar-refractivity contribution >= 4 is 34.8 Å². The van der Waals surface area contributed by atoms with E-state index in [1.54, 1.807) is 24.3 Å². The normalized spacial score (nSPS) is 11.8. The first-order valence-corrected chi connectivity index (χ1v) is 7.75. The predicted octanol–water partition coefficient (Wildman–Crippen LogP) is 5.10. The van der Waals surface area contributed by atoms with Crippen molar-refractivity contribution in [2.24, 2.45) is 0 Å². The highest BCUT2D eigenvalue weighted by Crippen LogP contribution is 2.24. The molecular weight excluding hydrogens is 321 g/mol. The van der Waals surface area contributed by atoms with Crippen LogP contribution in [-0.4, -0.2) is 12.0 Å². The quantitative estimate of drug-likeness (QED) is 0.824. The molecule has 1 N–H and O–H groups in total. The summed E-state index contributed by atoms with van der Waals surface area (Å²) in [7, 11) is 0. The lowest BCUT2D eigenvalue weighted by Crippen LogP contribution is -2.32. The average molecular weight is 338 g/mol. The topological polar surface area (TPSA) is 38.3 Å². The Morgan fingerprint density at radius 1 is 1.18 bits per heavy atom. The van der Waals surface area contributed by atoms with Crippen molar-refractivity contribution < 1.29 is 9.53 Å². The van der Waals surface area contributed by atoms with Crippen LogP contribution in [0.1, 0.15) is 18.9 Å². The number of para-hydroxylation sites is 1. The van der Waals surface area contributed by atoms with E-state index in [4.69, 9.17) is 27.9 Å². The summed E-state index contributed by atoms with van der Waals surface area (Å²) in [5, 5.41) is 3.95. The van der Waals surface area contributed by atoms with Gasteiger partial charge in [-0.05, 0) is 49.2 Å². The van der Waals surface area contributed by atoms with Gasteiger partial charge in [0.2, 0.25) is 0 Å². The molecule has 0 heterocycles. The van der Waals surface area contributed by atoms with E-state index in [2.05, 4.69) is 5.32 Å². The molecule has 0 saturated heterocycles. The van der Waals surface area contributed by atoms with Gasteiger partial charge in [0, 0.05) is 5.02 Å². The van der Waals surface area contributed by atoms with Gasteiger partial charge < -0.3 is 10.1 Å². The molecule has 0 aliphatic rings. The summed E-state index contributed by atoms with van der Waals surface area (Å²) < 4.78 is 5.76. The van der Waals surface area contributed by atoms with Crippen LogP contribution >= 0.6 is 23.2 Å². The molecule has 1 atom stereocenters. The summed E-state index contributed by atoms with van der Waals surface area (Å²) in [5.74, 6) is 0.381. The summed E-state index contributed by atoms with van der Waals surface area (Å²) in [4.78, 5) is 12.3. The molecule has 22 heavy (non-hydrogen) atoms. The third kappa shape index (κ3) is 4.15. The molecule has 0 aliphatic heterocycles. The fourth-order valence-electron chi connectivity index (χ4n) is 1.95. The number of anilines is 1. The van der Waals surface area contributed by atoms with E-state index in [-0.39, 0.29) is 5.91 Å². The minimum Gasteiger partial charge on any atom is -0.481 e. The summed E-state index contributed by atoms with van der Waals surface area (Å²) in [6, 6.07) is 12.4. The Labute approximate surface area is 140 Å². The van der Waals surface area contributed by atoms with Crippen LogP contribution in [0, 0.1) is 6.92 Å². The summed E-state index contributed by atoms with van der Waals surface area (Å²) >= 11 is 12.0. The van der Waals surface area contributed by atoms with E-state index < -0.39 is 6.10 Å². The molecular formula is C17H17Cl2NO2. The smallest absolute Gasteiger partial charge is 0.265 e. The van der Waals surface area contributed by atoms with E-state index >= 15 is 0 Å². The lowest BCUT2D eigenvalue weighted by Gasteiger charge is -2.18. The van der Waals surface area contributed by atoms with Crippen molar-refractivity contribution in [3.05, 3.63) is 58.1 Å². The van der Waals surface area contributed by atoms with Crippen LogP contribution in [0.25, 0.3) is 0 Å². The number of rotatable bonds is 5. The second-order valence-electron chi connectivity index (χ2n) is 4.89. The van der Waals surface area contributed by atoms with E-state index in [0.717, 1.165) is 5.56 Å². The first kappa shape index (κ1) is 16.7. The zero-order chi connectivity index (χ0) is 16.1. The zero-order valence-corrected chi connectivity index (χ0v) is 13.9. The Hall–Kier alpha value is -1.71. The van der Waals surface area contributed by atoms with Gasteiger partial charge in [-0.15, -0.1) is 0 Å². The predicted molar refractivity (Wildman–Crippen MR) is 91.0 cm³/mol. The van der Waals surface area contributed by atoms with Crippen LogP contribution in [0.3, 0.4) is 0 Å². The molecule has 5 heteroatoms. The summed E-state index contributed by atoms with van der Waals surface area (Å²) in [6.07, 6.45) is -0.0605. The number of benzene rings is 2. The van der Waals surface area contributed by atoms with Crippen molar-refractivity contribution in [3.8, 4) is 5.75 Å². The number of carbonyl (C=O) groups is 1. The Kier molecular flexibility index (Phi) is 5.69. The fraction of sp³-hybridized carbons (Fsp3) is 0.235. The highest BCUT2D eigenvalue weighted by atomic mass is 35.5. The summed E-state index contributed by atoms with van der Waals surface area (Å²) in [5.41, 5.74) is 1.48. The molecule has 0 aliphatic carbocycles. The van der Waals surface area contributed by atoms with Crippen molar-refractivity contribution in [2.45, 2.75) is 26.4 Å². The molecule has 0 fully saturated rings. The summed E-state index contributed by atoms with van der Waals surface area (Å²) in [6.45, 7) is 3.78. The highest BCUT2D eigenvalue weighted by Gasteiger charge is 2.19. The van der Waals surface area contributed by atoms with E-state index in [0.29, 0.717) is 27.9 Å². The maximum atomic E-state index is 12.3. The first-order valence-electron chi connectivity index (χ1n) is 6.99. The molecule has 2 rings (SSSR count). The lowest BCUT2D eigenvalue weighted by molar-refractivity contribution is -0.122. The van der Waals surface area contributed by atoms with Gasteiger partial charge in [0.15, 0.2) is 6.10 Å². The molecule has 0 radical (unpaired) electrons. The third-order valence-corrected chi connectivity index (χ3v) is 3.96. The fourth-order valence-corrected chi connectivity index (χ4v) is 2.25. The van der Waals surface area contributed by atoms with Crippen molar-refractivity contribution in [1.29, 1.82) is 0 Å². The maximum Gasteiger partial charge on any atom is 0.265 e. The Balaban J connectivity index is 2.09. The van der Waals surface area contributed by atoms with Crippen molar-refractivity contribution in [2.75, 3.05) is 5.32 Å². The molecule has 0 saturated carbocycles. The van der Waals surface area contributed by atoms with Crippen LogP contribution in [0.5, 0.6) is 5.75 Å². The van der Waals surface area contributed by atoms with Crippen LogP contribution in [0.4, 0.5) is 5.69 Å². The number of halogens is 2. The van der Waals surface area contributed by atoms with Gasteiger partial charge in [-0.25, -0.2) is 0 Å². The van der Waals surface area contributed by atoms with Gasteiger partial charge in [0.05, 0.1) is 10.7 Å². The van der Waals surface area contributed by atoms with Gasteiger partial charge in [-0.3, -0.25) is 4.79 Å². The number of hydrogen-bond donors (Lipinski definition) is 1. The van der Waals surface area contributed by atoms with Gasteiger partial charge in [-0.2, -0.15) is 0 Å². The molecule has 1 amide bonds. The second kappa shape index (κ2) is 7.52. The van der Waals surface area contributed by atoms with Crippen LogP contribution in [-0.2, 0) is 4.79 Å². The molecule has 2 aromatic rings. The van der Waals surface area contributed by atoms with E-state index in [9.17, 15) is 4.79 Å². The Bertz CT molecular complexity index is 673. The first-order chi connectivity index (χ1) is 10.5. The van der Waals surface area contributed by atoms with Gasteiger partial charge >= 0.3 is 0 Å². The number of carbonyl (C=O) groups excluding carboxylic acids is 1. The minimum absolute atomic E-state index is 0.233. The third-order valence-electron chi connectivity index (χ3n) is 3.20. The number of ether oxygens (including phenoxy) is 1. The Morgan fingerprint density at radius 2 is 1.91 bits per heavy atom. The highest BCUT2D eigenvalue weighted by molar-refractivity contribution is 6.33. The minimum atomic E-state index is -0.600. The number of aryl methyl sites for hydroxylation is 1. The molecule has 0 bridgehead atoms. The second-order valence-corrected chi connectivity index (χ2v) is 5.71. The monoisotopic (exact) mass is 337 g/mol. The van der Waals surface area contributed by atoms with Gasteiger partial charge in [0.25, 0.3) is 5.91 Å². The molecule has 0 unspecified atom stereocenters. The van der Waals surface area contributed by atoms with Gasteiger partial charge in [-0.1, -0.05) is 42.3 Å². The molecule has 116 valence electrons. The maximum absolute atomic E-state index is 12.3. The Morgan fingerprint density at radius 3 is 2.55 bits per heavy atom. The zero-order valence-electron chi connectivity index (χ0n) is 12.4. The largest absolute Gasteiger partial charge is 0.481 e. The van der Waals surface area contributed by atoms with Crippen molar-refractivity contribution in [3.63, 3.8) is 0 Å². The van der Waals surface area contributed by atoms with Crippen LogP contribution < -0.4 is 10.1 Å². The van der Waals surface area contributed by atoms with E-state index in [1.165, 1.54) is 0 Å². The lowest BCUT2D eigenvalue weighted by atomic mass is 10.2. The SMILES string of the molecule is CC[C@H](Oc1ccc(Cl)c(C)c1)C(=O)Nc1ccccc1Cl. The van der Waals surface area contributed by atoms with Crippen molar-refractivity contribution in [1.82, 2.24) is 0 Å². The molecule has 0 spiro atoms. The van der Waals surface area contributed by atoms with E-state index in [1.807, 2.05) is 32.0 Å². The number of amides is 1. The number of hydrogen-bond acceptors (Lipinski definition) is 2.